The molecule has 1 heterocycles. The monoisotopic (exact) mass is 303 g/mol. The Kier molecular flexibility index (Phi) is 5.53. The molecule has 0 spiro atoms. The molecule has 0 saturated heterocycles. The van der Waals surface area contributed by atoms with Crippen LogP contribution in [0, 0.1) is 17.1 Å². The van der Waals surface area contributed by atoms with E-state index in [2.05, 4.69) is 11.1 Å². The average Bonchev–Trinajstić information content (AvgIpc) is 2.52. The topological polar surface area (TPSA) is 39.9 Å². The van der Waals surface area contributed by atoms with E-state index in [1.54, 1.807) is 18.5 Å². The smallest absolute Gasteiger partial charge is 0.123 e. The SMILES string of the molecule is N#CCCN(Cc1cccnc1)c1ccc(F)cc1CCl. The number of aromatic nitrogens is 1. The zero-order valence-corrected chi connectivity index (χ0v) is 12.2. The van der Waals surface area contributed by atoms with Gasteiger partial charge in [-0.25, -0.2) is 4.39 Å². The summed E-state index contributed by atoms with van der Waals surface area (Å²) in [5.74, 6) is -0.0839. The molecule has 0 radical (unpaired) electrons. The van der Waals surface area contributed by atoms with E-state index in [0.29, 0.717) is 19.5 Å². The molecule has 1 aromatic heterocycles. The predicted octanol–water partition coefficient (Wildman–Crippen LogP) is 3.88. The van der Waals surface area contributed by atoms with Crippen LogP contribution in [0.1, 0.15) is 17.5 Å². The van der Waals surface area contributed by atoms with E-state index < -0.39 is 0 Å². The Hall–Kier alpha value is -2.12. The molecule has 0 aliphatic carbocycles. The summed E-state index contributed by atoms with van der Waals surface area (Å²) < 4.78 is 13.3. The minimum Gasteiger partial charge on any atom is -0.366 e. The second-order valence-electron chi connectivity index (χ2n) is 4.60. The van der Waals surface area contributed by atoms with Gasteiger partial charge in [-0.1, -0.05) is 6.07 Å². The van der Waals surface area contributed by atoms with Gasteiger partial charge in [0, 0.05) is 37.1 Å². The summed E-state index contributed by atoms with van der Waals surface area (Å²) in [6, 6.07) is 10.5. The molecule has 0 unspecified atom stereocenters. The van der Waals surface area contributed by atoms with Gasteiger partial charge in [0.05, 0.1) is 12.5 Å². The third kappa shape index (κ3) is 4.17. The highest BCUT2D eigenvalue weighted by molar-refractivity contribution is 6.17. The van der Waals surface area contributed by atoms with Crippen LogP contribution in [0.25, 0.3) is 0 Å². The highest BCUT2D eigenvalue weighted by Gasteiger charge is 2.12. The first kappa shape index (κ1) is 15.3. The number of anilines is 1. The molecule has 0 fully saturated rings. The van der Waals surface area contributed by atoms with Crippen LogP contribution in [0.5, 0.6) is 0 Å². The molecule has 3 nitrogen and oxygen atoms in total. The average molecular weight is 304 g/mol. The van der Waals surface area contributed by atoms with E-state index >= 15 is 0 Å². The fraction of sp³-hybridized carbons (Fsp3) is 0.250. The molecule has 1 aromatic carbocycles. The van der Waals surface area contributed by atoms with Crippen molar-refractivity contribution in [2.45, 2.75) is 18.8 Å². The van der Waals surface area contributed by atoms with Crippen LogP contribution in [0.2, 0.25) is 0 Å². The van der Waals surface area contributed by atoms with Crippen LogP contribution in [-0.2, 0) is 12.4 Å². The Balaban J connectivity index is 2.29. The van der Waals surface area contributed by atoms with E-state index in [4.69, 9.17) is 16.9 Å². The second kappa shape index (κ2) is 7.61. The Morgan fingerprint density at radius 2 is 2.19 bits per heavy atom. The zero-order valence-electron chi connectivity index (χ0n) is 11.5. The molecule has 2 rings (SSSR count). The van der Waals surface area contributed by atoms with Crippen molar-refractivity contribution in [2.24, 2.45) is 0 Å². The number of pyridine rings is 1. The van der Waals surface area contributed by atoms with E-state index in [1.807, 2.05) is 17.0 Å². The van der Waals surface area contributed by atoms with Gasteiger partial charge in [0.25, 0.3) is 0 Å². The number of alkyl halides is 1. The van der Waals surface area contributed by atoms with Crippen molar-refractivity contribution in [3.8, 4) is 6.07 Å². The van der Waals surface area contributed by atoms with Crippen LogP contribution >= 0.6 is 11.6 Å². The summed E-state index contributed by atoms with van der Waals surface area (Å²) in [4.78, 5) is 6.12. The van der Waals surface area contributed by atoms with Crippen molar-refractivity contribution >= 4 is 17.3 Å². The first-order valence-electron chi connectivity index (χ1n) is 6.60. The van der Waals surface area contributed by atoms with Gasteiger partial charge in [-0.3, -0.25) is 4.98 Å². The minimum absolute atomic E-state index is 0.225. The maximum absolute atomic E-state index is 13.3. The maximum atomic E-state index is 13.3. The lowest BCUT2D eigenvalue weighted by atomic mass is 10.1. The Morgan fingerprint density at radius 3 is 2.86 bits per heavy atom. The summed E-state index contributed by atoms with van der Waals surface area (Å²) in [6.45, 7) is 1.16. The first-order valence-corrected chi connectivity index (χ1v) is 7.13. The molecule has 0 atom stereocenters. The van der Waals surface area contributed by atoms with Crippen LogP contribution < -0.4 is 4.90 Å². The highest BCUT2D eigenvalue weighted by atomic mass is 35.5. The van der Waals surface area contributed by atoms with Crippen LogP contribution in [0.15, 0.2) is 42.7 Å². The van der Waals surface area contributed by atoms with Gasteiger partial charge in [-0.15, -0.1) is 11.6 Å². The summed E-state index contributed by atoms with van der Waals surface area (Å²) in [5.41, 5.74) is 2.60. The van der Waals surface area contributed by atoms with Crippen molar-refractivity contribution < 1.29 is 4.39 Å². The number of rotatable bonds is 6. The quantitative estimate of drug-likeness (QED) is 0.760. The lowest BCUT2D eigenvalue weighted by Gasteiger charge is -2.26. The van der Waals surface area contributed by atoms with E-state index in [9.17, 15) is 4.39 Å². The highest BCUT2D eigenvalue weighted by Crippen LogP contribution is 2.25. The number of benzene rings is 1. The lowest BCUT2D eigenvalue weighted by Crippen LogP contribution is -2.25. The van der Waals surface area contributed by atoms with Crippen LogP contribution in [0.4, 0.5) is 10.1 Å². The van der Waals surface area contributed by atoms with Crippen molar-refractivity contribution in [3.63, 3.8) is 0 Å². The number of hydrogen-bond donors (Lipinski definition) is 0. The molecule has 21 heavy (non-hydrogen) atoms. The van der Waals surface area contributed by atoms with E-state index in [0.717, 1.165) is 16.8 Å². The zero-order chi connectivity index (χ0) is 15.1. The first-order chi connectivity index (χ1) is 10.2. The fourth-order valence-corrected chi connectivity index (χ4v) is 2.37. The fourth-order valence-electron chi connectivity index (χ4n) is 2.15. The number of nitriles is 1. The predicted molar refractivity (Wildman–Crippen MR) is 81.5 cm³/mol. The second-order valence-corrected chi connectivity index (χ2v) is 4.86. The van der Waals surface area contributed by atoms with Gasteiger partial charge >= 0.3 is 0 Å². The van der Waals surface area contributed by atoms with Crippen molar-refractivity contribution in [1.82, 2.24) is 4.98 Å². The largest absolute Gasteiger partial charge is 0.366 e. The van der Waals surface area contributed by atoms with Crippen LogP contribution in [-0.4, -0.2) is 11.5 Å². The summed E-state index contributed by atoms with van der Waals surface area (Å²) in [7, 11) is 0. The maximum Gasteiger partial charge on any atom is 0.123 e. The van der Waals surface area contributed by atoms with Crippen molar-refractivity contribution in [3.05, 3.63) is 59.7 Å². The molecule has 108 valence electrons. The number of nitrogens with zero attached hydrogens (tertiary/aromatic N) is 3. The van der Waals surface area contributed by atoms with Gasteiger partial charge in [-0.2, -0.15) is 5.26 Å². The van der Waals surface area contributed by atoms with Crippen molar-refractivity contribution in [2.75, 3.05) is 11.4 Å². The number of hydrogen-bond acceptors (Lipinski definition) is 3. The Bertz CT molecular complexity index is 625. The number of halogens is 2. The molecule has 0 amide bonds. The summed E-state index contributed by atoms with van der Waals surface area (Å²) in [6.07, 6.45) is 3.88. The Labute approximate surface area is 128 Å². The molecule has 0 bridgehead atoms. The van der Waals surface area contributed by atoms with Gasteiger partial charge in [-0.05, 0) is 35.4 Å². The molecule has 0 aliphatic heterocycles. The van der Waals surface area contributed by atoms with Crippen molar-refractivity contribution in [1.29, 1.82) is 5.26 Å². The molecule has 0 N–H and O–H groups in total. The molecule has 2 aromatic rings. The lowest BCUT2D eigenvalue weighted by molar-refractivity contribution is 0.625. The minimum atomic E-state index is -0.309. The van der Waals surface area contributed by atoms with Gasteiger partial charge in [0.15, 0.2) is 0 Å². The Morgan fingerprint density at radius 1 is 1.33 bits per heavy atom. The summed E-state index contributed by atoms with van der Waals surface area (Å²) in [5, 5.41) is 8.82. The third-order valence-electron chi connectivity index (χ3n) is 3.12. The van der Waals surface area contributed by atoms with E-state index in [1.165, 1.54) is 12.1 Å². The molecular weight excluding hydrogens is 289 g/mol. The normalized spacial score (nSPS) is 10.1. The molecular formula is C16H15ClFN3. The van der Waals surface area contributed by atoms with Gasteiger partial charge in [0.1, 0.15) is 5.82 Å². The van der Waals surface area contributed by atoms with Crippen LogP contribution in [0.3, 0.4) is 0 Å². The molecule has 5 heteroatoms. The molecule has 0 aliphatic rings. The van der Waals surface area contributed by atoms with E-state index in [-0.39, 0.29) is 11.7 Å². The van der Waals surface area contributed by atoms with Gasteiger partial charge in [0.2, 0.25) is 0 Å². The standard InChI is InChI=1S/C16H15ClFN3/c17-10-14-9-15(18)4-5-16(14)21(8-2-6-19)12-13-3-1-7-20-11-13/h1,3-5,7,9,11H,2,8,10,12H2. The van der Waals surface area contributed by atoms with Gasteiger partial charge < -0.3 is 4.90 Å². The third-order valence-corrected chi connectivity index (χ3v) is 3.40. The molecule has 0 saturated carbocycles. The summed E-state index contributed by atoms with van der Waals surface area (Å²) >= 11 is 5.91.